The minimum absolute atomic E-state index is 0.164. The van der Waals surface area contributed by atoms with E-state index in [4.69, 9.17) is 4.74 Å². The van der Waals surface area contributed by atoms with Crippen molar-refractivity contribution in [3.05, 3.63) is 29.8 Å². The van der Waals surface area contributed by atoms with Crippen LogP contribution in [0.3, 0.4) is 0 Å². The lowest BCUT2D eigenvalue weighted by molar-refractivity contribution is -0.121. The van der Waals surface area contributed by atoms with Crippen LogP contribution in [0.25, 0.3) is 0 Å². The van der Waals surface area contributed by atoms with Crippen LogP contribution in [0, 0.1) is 0 Å². The quantitative estimate of drug-likeness (QED) is 0.864. The fourth-order valence-electron chi connectivity index (χ4n) is 1.91. The molecule has 1 aromatic carbocycles. The highest BCUT2D eigenvalue weighted by atomic mass is 16.5. The number of nitrogens with zero attached hydrogens (tertiary/aromatic N) is 1. The van der Waals surface area contributed by atoms with E-state index < -0.39 is 0 Å². The van der Waals surface area contributed by atoms with Crippen LogP contribution in [0.2, 0.25) is 0 Å². The summed E-state index contributed by atoms with van der Waals surface area (Å²) in [6, 6.07) is 7.33. The van der Waals surface area contributed by atoms with E-state index in [2.05, 4.69) is 15.8 Å². The molecular formula is C14H17N3O3. The Bertz CT molecular complexity index is 554. The Morgan fingerprint density at radius 3 is 2.90 bits per heavy atom. The lowest BCUT2D eigenvalue weighted by Gasteiger charge is -2.17. The average Bonchev–Trinajstić information content (AvgIpc) is 2.47. The molecule has 106 valence electrons. The topological polar surface area (TPSA) is 79.8 Å². The van der Waals surface area contributed by atoms with Gasteiger partial charge in [0.15, 0.2) is 0 Å². The number of hydrogen-bond donors (Lipinski definition) is 2. The lowest BCUT2D eigenvalue weighted by Crippen LogP contribution is -2.37. The van der Waals surface area contributed by atoms with Gasteiger partial charge in [-0.1, -0.05) is 12.1 Å². The molecule has 0 aromatic heterocycles. The highest BCUT2D eigenvalue weighted by molar-refractivity contribution is 6.39. The summed E-state index contributed by atoms with van der Waals surface area (Å²) in [5.74, 6) is 0.314. The third-order valence-electron chi connectivity index (χ3n) is 3.11. The Morgan fingerprint density at radius 1 is 1.45 bits per heavy atom. The molecule has 1 aliphatic rings. The highest BCUT2D eigenvalue weighted by Gasteiger charge is 2.20. The molecule has 1 aliphatic heterocycles. The maximum atomic E-state index is 12.0. The third-order valence-corrected chi connectivity index (χ3v) is 3.11. The van der Waals surface area contributed by atoms with Crippen LogP contribution in [-0.4, -0.2) is 24.6 Å². The minimum atomic E-state index is -0.264. The molecule has 0 aliphatic carbocycles. The molecule has 2 N–H and O–H groups in total. The molecule has 1 aromatic rings. The Labute approximate surface area is 117 Å². The SMILES string of the molecule is COc1cccc(C(C)NC(=O)C2=NNC(=O)CC2)c1. The number of carbonyl (C=O) groups excluding carboxylic acids is 2. The Balaban J connectivity index is 2.01. The molecule has 2 rings (SSSR count). The van der Waals surface area contributed by atoms with Crippen LogP contribution in [0.15, 0.2) is 29.4 Å². The van der Waals surface area contributed by atoms with Crippen LogP contribution >= 0.6 is 0 Å². The second-order valence-corrected chi connectivity index (χ2v) is 4.57. The van der Waals surface area contributed by atoms with Crippen LogP contribution in [0.5, 0.6) is 5.75 Å². The number of nitrogens with one attached hydrogen (secondary N) is 2. The molecule has 2 amide bonds. The Hall–Kier alpha value is -2.37. The molecule has 6 heteroatoms. The molecule has 1 atom stereocenters. The van der Waals surface area contributed by atoms with E-state index in [-0.39, 0.29) is 17.9 Å². The zero-order valence-corrected chi connectivity index (χ0v) is 11.5. The summed E-state index contributed by atoms with van der Waals surface area (Å²) in [5.41, 5.74) is 3.60. The van der Waals surface area contributed by atoms with Crippen LogP contribution in [0.4, 0.5) is 0 Å². The van der Waals surface area contributed by atoms with Crippen molar-refractivity contribution in [1.29, 1.82) is 0 Å². The van der Waals surface area contributed by atoms with Gasteiger partial charge in [-0.2, -0.15) is 5.10 Å². The first kappa shape index (κ1) is 14.0. The number of benzene rings is 1. The first-order chi connectivity index (χ1) is 9.60. The summed E-state index contributed by atoms with van der Waals surface area (Å²) < 4.78 is 5.15. The van der Waals surface area contributed by atoms with Crippen LogP contribution < -0.4 is 15.5 Å². The fraction of sp³-hybridized carbons (Fsp3) is 0.357. The van der Waals surface area contributed by atoms with Crippen LogP contribution in [0.1, 0.15) is 31.4 Å². The van der Waals surface area contributed by atoms with E-state index in [9.17, 15) is 9.59 Å². The number of carbonyl (C=O) groups is 2. The predicted octanol–water partition coefficient (Wildman–Crippen LogP) is 1.14. The smallest absolute Gasteiger partial charge is 0.267 e. The van der Waals surface area contributed by atoms with Gasteiger partial charge >= 0.3 is 0 Å². The molecule has 0 radical (unpaired) electrons. The van der Waals surface area contributed by atoms with Gasteiger partial charge < -0.3 is 10.1 Å². The first-order valence-electron chi connectivity index (χ1n) is 6.40. The van der Waals surface area contributed by atoms with Crippen molar-refractivity contribution in [3.8, 4) is 5.75 Å². The Kier molecular flexibility index (Phi) is 4.34. The van der Waals surface area contributed by atoms with Crippen molar-refractivity contribution in [2.75, 3.05) is 7.11 Å². The van der Waals surface area contributed by atoms with Crippen molar-refractivity contribution in [1.82, 2.24) is 10.7 Å². The van der Waals surface area contributed by atoms with E-state index in [0.29, 0.717) is 18.6 Å². The van der Waals surface area contributed by atoms with Gasteiger partial charge in [0, 0.05) is 12.8 Å². The second-order valence-electron chi connectivity index (χ2n) is 4.57. The maximum Gasteiger partial charge on any atom is 0.267 e. The van der Waals surface area contributed by atoms with E-state index >= 15 is 0 Å². The molecule has 0 bridgehead atoms. The zero-order chi connectivity index (χ0) is 14.5. The molecule has 1 unspecified atom stereocenters. The standard InChI is InChI=1S/C14H17N3O3/c1-9(10-4-3-5-11(8-10)20-2)15-14(19)12-6-7-13(18)17-16-12/h3-5,8-9H,6-7H2,1-2H3,(H,15,19)(H,17,18). The summed E-state index contributed by atoms with van der Waals surface area (Å²) >= 11 is 0. The summed E-state index contributed by atoms with van der Waals surface area (Å²) in [6.45, 7) is 1.88. The van der Waals surface area contributed by atoms with Crippen molar-refractivity contribution >= 4 is 17.5 Å². The summed E-state index contributed by atoms with van der Waals surface area (Å²) in [7, 11) is 1.60. The minimum Gasteiger partial charge on any atom is -0.497 e. The van der Waals surface area contributed by atoms with Gasteiger partial charge in [0.05, 0.1) is 13.2 Å². The molecule has 6 nitrogen and oxygen atoms in total. The molecule has 0 fully saturated rings. The molecule has 0 spiro atoms. The number of methoxy groups -OCH3 is 1. The second kappa shape index (κ2) is 6.18. The van der Waals surface area contributed by atoms with Gasteiger partial charge in [-0.15, -0.1) is 0 Å². The van der Waals surface area contributed by atoms with Crippen molar-refractivity contribution in [2.24, 2.45) is 5.10 Å². The van der Waals surface area contributed by atoms with Crippen molar-refractivity contribution < 1.29 is 14.3 Å². The third kappa shape index (κ3) is 3.34. The molecular weight excluding hydrogens is 258 g/mol. The van der Waals surface area contributed by atoms with Gasteiger partial charge in [0.2, 0.25) is 5.91 Å². The van der Waals surface area contributed by atoms with E-state index in [1.807, 2.05) is 31.2 Å². The highest BCUT2D eigenvalue weighted by Crippen LogP contribution is 2.18. The normalized spacial score (nSPS) is 15.9. The van der Waals surface area contributed by atoms with Crippen LogP contribution in [-0.2, 0) is 9.59 Å². The van der Waals surface area contributed by atoms with E-state index in [0.717, 1.165) is 11.3 Å². The number of amides is 2. The van der Waals surface area contributed by atoms with Gasteiger partial charge in [-0.05, 0) is 24.6 Å². The van der Waals surface area contributed by atoms with Gasteiger partial charge in [0.25, 0.3) is 5.91 Å². The number of hydrogen-bond acceptors (Lipinski definition) is 4. The fourth-order valence-corrected chi connectivity index (χ4v) is 1.91. The monoisotopic (exact) mass is 275 g/mol. The average molecular weight is 275 g/mol. The molecule has 0 saturated carbocycles. The molecule has 1 heterocycles. The number of rotatable bonds is 4. The zero-order valence-electron chi connectivity index (χ0n) is 11.5. The van der Waals surface area contributed by atoms with Crippen molar-refractivity contribution in [3.63, 3.8) is 0 Å². The first-order valence-corrected chi connectivity index (χ1v) is 6.40. The largest absolute Gasteiger partial charge is 0.497 e. The lowest BCUT2D eigenvalue weighted by atomic mass is 10.1. The Morgan fingerprint density at radius 2 is 2.25 bits per heavy atom. The van der Waals surface area contributed by atoms with E-state index in [1.54, 1.807) is 7.11 Å². The summed E-state index contributed by atoms with van der Waals surface area (Å²) in [4.78, 5) is 23.0. The van der Waals surface area contributed by atoms with Gasteiger partial charge in [0.1, 0.15) is 11.5 Å². The molecule has 20 heavy (non-hydrogen) atoms. The molecule has 0 saturated heterocycles. The maximum absolute atomic E-state index is 12.0. The van der Waals surface area contributed by atoms with Gasteiger partial charge in [-0.3, -0.25) is 9.59 Å². The number of ether oxygens (including phenoxy) is 1. The summed E-state index contributed by atoms with van der Waals surface area (Å²) in [5, 5.41) is 6.63. The van der Waals surface area contributed by atoms with Crippen molar-refractivity contribution in [2.45, 2.75) is 25.8 Å². The summed E-state index contributed by atoms with van der Waals surface area (Å²) in [6.07, 6.45) is 0.655. The predicted molar refractivity (Wildman–Crippen MR) is 74.4 cm³/mol. The van der Waals surface area contributed by atoms with Gasteiger partial charge in [-0.25, -0.2) is 5.43 Å². The van der Waals surface area contributed by atoms with E-state index in [1.165, 1.54) is 0 Å². The number of hydrazone groups is 1.